The van der Waals surface area contributed by atoms with Gasteiger partial charge in [0.15, 0.2) is 0 Å². The first-order valence-electron chi connectivity index (χ1n) is 10.3. The molecule has 1 amide bonds. The minimum Gasteiger partial charge on any atom is -0.497 e. The van der Waals surface area contributed by atoms with Crippen LogP contribution in [0.2, 0.25) is 0 Å². The Labute approximate surface area is 180 Å². The number of nitrogens with one attached hydrogen (secondary N) is 1. The van der Waals surface area contributed by atoms with Crippen LogP contribution in [0.15, 0.2) is 77.6 Å². The first-order chi connectivity index (χ1) is 15.1. The van der Waals surface area contributed by atoms with Gasteiger partial charge in [0.1, 0.15) is 5.75 Å². The van der Waals surface area contributed by atoms with Crippen molar-refractivity contribution in [2.45, 2.75) is 26.4 Å². The van der Waals surface area contributed by atoms with Gasteiger partial charge in [-0.1, -0.05) is 31.2 Å². The molecule has 0 radical (unpaired) electrons. The van der Waals surface area contributed by atoms with Gasteiger partial charge in [-0.3, -0.25) is 13.9 Å². The van der Waals surface area contributed by atoms with E-state index in [1.54, 1.807) is 48.1 Å². The number of carbonyl (C=O) groups is 1. The average molecular weight is 415 g/mol. The van der Waals surface area contributed by atoms with Crippen molar-refractivity contribution in [1.82, 2.24) is 9.13 Å². The summed E-state index contributed by atoms with van der Waals surface area (Å²) in [5.74, 6) is 0.548. The minimum absolute atomic E-state index is 0.00984. The molecule has 1 aromatic heterocycles. The predicted octanol–water partition coefficient (Wildman–Crippen LogP) is 4.52. The van der Waals surface area contributed by atoms with Crippen molar-refractivity contribution in [3.05, 3.63) is 94.4 Å². The summed E-state index contributed by atoms with van der Waals surface area (Å²) < 4.78 is 8.75. The highest BCUT2D eigenvalue weighted by molar-refractivity contribution is 6.04. The Bertz CT molecular complexity index is 1250. The largest absolute Gasteiger partial charge is 0.497 e. The zero-order valence-corrected chi connectivity index (χ0v) is 17.7. The zero-order valence-electron chi connectivity index (χ0n) is 17.7. The molecule has 4 rings (SSSR count). The highest BCUT2D eigenvalue weighted by Gasteiger charge is 2.13. The standard InChI is InChI=1S/C25H25N3O3/c1-3-16-27-22-6-4-5-7-23(22)28(25(27)30)17-18-8-10-19(11-9-18)24(29)26-20-12-14-21(31-2)15-13-20/h4-15H,3,16-17H2,1-2H3,(H,26,29). The highest BCUT2D eigenvalue weighted by atomic mass is 16.5. The van der Waals surface area contributed by atoms with E-state index in [1.807, 2.05) is 41.0 Å². The molecule has 31 heavy (non-hydrogen) atoms. The van der Waals surface area contributed by atoms with Gasteiger partial charge >= 0.3 is 5.69 Å². The third kappa shape index (κ3) is 4.23. The topological polar surface area (TPSA) is 65.3 Å². The van der Waals surface area contributed by atoms with Gasteiger partial charge in [-0.2, -0.15) is 0 Å². The molecule has 1 N–H and O–H groups in total. The molecule has 0 aliphatic carbocycles. The van der Waals surface area contributed by atoms with Crippen molar-refractivity contribution in [3.63, 3.8) is 0 Å². The van der Waals surface area contributed by atoms with E-state index in [2.05, 4.69) is 12.2 Å². The van der Waals surface area contributed by atoms with Crippen LogP contribution in [-0.2, 0) is 13.1 Å². The number of amides is 1. The Morgan fingerprint density at radius 3 is 2.16 bits per heavy atom. The Morgan fingerprint density at radius 2 is 1.55 bits per heavy atom. The van der Waals surface area contributed by atoms with Crippen LogP contribution in [-0.4, -0.2) is 22.2 Å². The molecule has 0 fully saturated rings. The average Bonchev–Trinajstić information content (AvgIpc) is 3.06. The number of anilines is 1. The van der Waals surface area contributed by atoms with E-state index in [1.165, 1.54) is 0 Å². The van der Waals surface area contributed by atoms with Gasteiger partial charge in [-0.15, -0.1) is 0 Å². The fourth-order valence-corrected chi connectivity index (χ4v) is 3.69. The minimum atomic E-state index is -0.187. The molecule has 1 heterocycles. The molecule has 0 bridgehead atoms. The number of imidazole rings is 1. The maximum absolute atomic E-state index is 13.0. The summed E-state index contributed by atoms with van der Waals surface area (Å²) >= 11 is 0. The van der Waals surface area contributed by atoms with E-state index in [-0.39, 0.29) is 11.6 Å². The van der Waals surface area contributed by atoms with Gasteiger partial charge in [-0.05, 0) is 60.5 Å². The molecule has 0 spiro atoms. The van der Waals surface area contributed by atoms with Crippen LogP contribution in [0.3, 0.4) is 0 Å². The van der Waals surface area contributed by atoms with Gasteiger partial charge < -0.3 is 10.1 Å². The maximum Gasteiger partial charge on any atom is 0.329 e. The van der Waals surface area contributed by atoms with E-state index in [0.29, 0.717) is 24.3 Å². The van der Waals surface area contributed by atoms with Crippen LogP contribution in [0.5, 0.6) is 5.75 Å². The second kappa shape index (κ2) is 8.92. The Kier molecular flexibility index (Phi) is 5.89. The smallest absolute Gasteiger partial charge is 0.329 e. The summed E-state index contributed by atoms with van der Waals surface area (Å²) in [6.45, 7) is 3.21. The maximum atomic E-state index is 13.0. The quantitative estimate of drug-likeness (QED) is 0.483. The lowest BCUT2D eigenvalue weighted by Gasteiger charge is -2.08. The SMILES string of the molecule is CCCn1c(=O)n(Cc2ccc(C(=O)Nc3ccc(OC)cc3)cc2)c2ccccc21. The number of ether oxygens (including phenoxy) is 1. The Hall–Kier alpha value is -3.80. The van der Waals surface area contributed by atoms with Crippen molar-refractivity contribution in [3.8, 4) is 5.75 Å². The molecule has 0 atom stereocenters. The van der Waals surface area contributed by atoms with Gasteiger partial charge in [0.05, 0.1) is 24.7 Å². The molecule has 0 saturated carbocycles. The number of methoxy groups -OCH3 is 1. The van der Waals surface area contributed by atoms with E-state index in [0.717, 1.165) is 28.8 Å². The second-order valence-corrected chi connectivity index (χ2v) is 7.39. The lowest BCUT2D eigenvalue weighted by molar-refractivity contribution is 0.102. The summed E-state index contributed by atoms with van der Waals surface area (Å²) in [5.41, 5.74) is 4.07. The number of hydrogen-bond acceptors (Lipinski definition) is 3. The normalized spacial score (nSPS) is 10.9. The zero-order chi connectivity index (χ0) is 21.8. The number of aromatic nitrogens is 2. The van der Waals surface area contributed by atoms with Crippen molar-refractivity contribution in [1.29, 1.82) is 0 Å². The van der Waals surface area contributed by atoms with Crippen LogP contribution in [0.4, 0.5) is 5.69 Å². The molecule has 0 aliphatic heterocycles. The summed E-state index contributed by atoms with van der Waals surface area (Å²) in [6, 6.07) is 22.4. The molecule has 158 valence electrons. The molecule has 3 aromatic carbocycles. The predicted molar refractivity (Wildman–Crippen MR) is 123 cm³/mol. The monoisotopic (exact) mass is 415 g/mol. The van der Waals surface area contributed by atoms with E-state index < -0.39 is 0 Å². The lowest BCUT2D eigenvalue weighted by Crippen LogP contribution is -2.24. The van der Waals surface area contributed by atoms with Crippen molar-refractivity contribution in [2.24, 2.45) is 0 Å². The van der Waals surface area contributed by atoms with Crippen LogP contribution in [0.25, 0.3) is 11.0 Å². The summed E-state index contributed by atoms with van der Waals surface area (Å²) in [4.78, 5) is 25.5. The van der Waals surface area contributed by atoms with Gasteiger partial charge in [0.25, 0.3) is 5.91 Å². The number of aryl methyl sites for hydroxylation is 1. The summed E-state index contributed by atoms with van der Waals surface area (Å²) in [5, 5.41) is 2.88. The van der Waals surface area contributed by atoms with Crippen LogP contribution < -0.4 is 15.7 Å². The molecule has 0 aliphatic rings. The van der Waals surface area contributed by atoms with Crippen molar-refractivity contribution < 1.29 is 9.53 Å². The molecular weight excluding hydrogens is 390 g/mol. The number of nitrogens with zero attached hydrogens (tertiary/aromatic N) is 2. The van der Waals surface area contributed by atoms with Crippen molar-refractivity contribution in [2.75, 3.05) is 12.4 Å². The van der Waals surface area contributed by atoms with Gasteiger partial charge in [0, 0.05) is 17.8 Å². The van der Waals surface area contributed by atoms with Gasteiger partial charge in [-0.25, -0.2) is 4.79 Å². The summed E-state index contributed by atoms with van der Waals surface area (Å²) in [7, 11) is 1.60. The van der Waals surface area contributed by atoms with Crippen molar-refractivity contribution >= 4 is 22.6 Å². The molecule has 6 nitrogen and oxygen atoms in total. The Balaban J connectivity index is 1.53. The lowest BCUT2D eigenvalue weighted by atomic mass is 10.1. The number of carbonyl (C=O) groups excluding carboxylic acids is 1. The number of para-hydroxylation sites is 2. The Morgan fingerprint density at radius 1 is 0.903 bits per heavy atom. The third-order valence-electron chi connectivity index (χ3n) is 5.28. The highest BCUT2D eigenvalue weighted by Crippen LogP contribution is 2.18. The molecule has 4 aromatic rings. The summed E-state index contributed by atoms with van der Waals surface area (Å²) in [6.07, 6.45) is 0.895. The van der Waals surface area contributed by atoms with Crippen LogP contribution >= 0.6 is 0 Å². The van der Waals surface area contributed by atoms with E-state index in [4.69, 9.17) is 4.74 Å². The molecule has 0 saturated heterocycles. The second-order valence-electron chi connectivity index (χ2n) is 7.39. The fraction of sp³-hybridized carbons (Fsp3) is 0.200. The number of rotatable bonds is 7. The molecule has 0 unspecified atom stereocenters. The third-order valence-corrected chi connectivity index (χ3v) is 5.28. The number of fused-ring (bicyclic) bond motifs is 1. The van der Waals surface area contributed by atoms with Gasteiger partial charge in [0.2, 0.25) is 0 Å². The first-order valence-corrected chi connectivity index (χ1v) is 10.3. The fourth-order valence-electron chi connectivity index (χ4n) is 3.69. The molecule has 6 heteroatoms. The van der Waals surface area contributed by atoms with Crippen LogP contribution in [0, 0.1) is 0 Å². The van der Waals surface area contributed by atoms with E-state index >= 15 is 0 Å². The van der Waals surface area contributed by atoms with Crippen LogP contribution in [0.1, 0.15) is 29.3 Å². The molecular formula is C25H25N3O3. The first kappa shape index (κ1) is 20.5. The van der Waals surface area contributed by atoms with E-state index in [9.17, 15) is 9.59 Å². The number of hydrogen-bond donors (Lipinski definition) is 1. The number of benzene rings is 3.